The Kier molecular flexibility index (Phi) is 4.37. The third-order valence-corrected chi connectivity index (χ3v) is 3.86. The quantitative estimate of drug-likeness (QED) is 0.859. The van der Waals surface area contributed by atoms with Crippen molar-refractivity contribution in [3.8, 4) is 0 Å². The molecule has 1 amide bonds. The van der Waals surface area contributed by atoms with Gasteiger partial charge in [0.15, 0.2) is 0 Å². The number of carbonyl (C=O) groups excluding carboxylic acids is 1. The van der Waals surface area contributed by atoms with Gasteiger partial charge in [-0.05, 0) is 18.4 Å². The SMILES string of the molecule is CC1CCN(C(=O)CCn2ccccc2=O)C1CO. The number of aliphatic hydroxyl groups excluding tert-OH is 1. The minimum atomic E-state index is -0.0937. The van der Waals surface area contributed by atoms with Crippen LogP contribution >= 0.6 is 0 Å². The molecule has 2 heterocycles. The smallest absolute Gasteiger partial charge is 0.250 e. The summed E-state index contributed by atoms with van der Waals surface area (Å²) in [5.41, 5.74) is -0.0937. The molecule has 2 rings (SSSR count). The number of amides is 1. The molecule has 0 saturated carbocycles. The molecule has 0 aliphatic carbocycles. The highest BCUT2D eigenvalue weighted by atomic mass is 16.3. The van der Waals surface area contributed by atoms with Gasteiger partial charge in [0.2, 0.25) is 5.91 Å². The Balaban J connectivity index is 1.95. The molecule has 1 aliphatic rings. The van der Waals surface area contributed by atoms with Crippen LogP contribution in [0.4, 0.5) is 0 Å². The van der Waals surface area contributed by atoms with Gasteiger partial charge in [-0.25, -0.2) is 0 Å². The summed E-state index contributed by atoms with van der Waals surface area (Å²) in [6.45, 7) is 3.16. The minimum Gasteiger partial charge on any atom is -0.394 e. The van der Waals surface area contributed by atoms with Crippen molar-refractivity contribution in [3.05, 3.63) is 34.7 Å². The van der Waals surface area contributed by atoms with Crippen LogP contribution in [0.25, 0.3) is 0 Å². The monoisotopic (exact) mass is 264 g/mol. The van der Waals surface area contributed by atoms with Crippen LogP contribution < -0.4 is 5.56 Å². The Labute approximate surface area is 112 Å². The van der Waals surface area contributed by atoms with Crippen LogP contribution in [0.5, 0.6) is 0 Å². The molecule has 1 aliphatic heterocycles. The fraction of sp³-hybridized carbons (Fsp3) is 0.571. The van der Waals surface area contributed by atoms with Gasteiger partial charge in [0, 0.05) is 31.8 Å². The molecule has 5 heteroatoms. The van der Waals surface area contributed by atoms with Crippen molar-refractivity contribution in [2.45, 2.75) is 32.4 Å². The maximum Gasteiger partial charge on any atom is 0.250 e. The maximum atomic E-state index is 12.1. The van der Waals surface area contributed by atoms with Crippen molar-refractivity contribution in [2.75, 3.05) is 13.2 Å². The molecule has 2 unspecified atom stereocenters. The van der Waals surface area contributed by atoms with E-state index in [-0.39, 0.29) is 24.1 Å². The summed E-state index contributed by atoms with van der Waals surface area (Å²) < 4.78 is 1.53. The lowest BCUT2D eigenvalue weighted by Gasteiger charge is -2.25. The van der Waals surface area contributed by atoms with E-state index in [0.29, 0.717) is 25.4 Å². The molecule has 1 N–H and O–H groups in total. The molecule has 1 saturated heterocycles. The predicted molar refractivity (Wildman–Crippen MR) is 71.7 cm³/mol. The van der Waals surface area contributed by atoms with Crippen molar-refractivity contribution in [2.24, 2.45) is 5.92 Å². The standard InChI is InChI=1S/C14H20N2O3/c1-11-5-9-16(12(11)10-17)14(19)6-8-15-7-3-2-4-13(15)18/h2-4,7,11-12,17H,5-6,8-10H2,1H3. The molecular weight excluding hydrogens is 244 g/mol. The number of nitrogens with zero attached hydrogens (tertiary/aromatic N) is 2. The van der Waals surface area contributed by atoms with Gasteiger partial charge in [-0.1, -0.05) is 13.0 Å². The normalized spacial score (nSPS) is 22.7. The van der Waals surface area contributed by atoms with Gasteiger partial charge in [0.05, 0.1) is 12.6 Å². The second-order valence-electron chi connectivity index (χ2n) is 5.09. The topological polar surface area (TPSA) is 62.5 Å². The van der Waals surface area contributed by atoms with E-state index in [1.807, 2.05) is 0 Å². The molecule has 1 aromatic heterocycles. The number of hydrogen-bond acceptors (Lipinski definition) is 3. The van der Waals surface area contributed by atoms with E-state index < -0.39 is 0 Å². The van der Waals surface area contributed by atoms with E-state index in [1.165, 1.54) is 10.6 Å². The van der Waals surface area contributed by atoms with Crippen molar-refractivity contribution in [1.82, 2.24) is 9.47 Å². The summed E-state index contributed by atoms with van der Waals surface area (Å²) >= 11 is 0. The second kappa shape index (κ2) is 6.02. The van der Waals surface area contributed by atoms with Crippen LogP contribution in [-0.2, 0) is 11.3 Å². The van der Waals surface area contributed by atoms with Gasteiger partial charge in [0.1, 0.15) is 0 Å². The van der Waals surface area contributed by atoms with Crippen LogP contribution in [0.15, 0.2) is 29.2 Å². The van der Waals surface area contributed by atoms with Gasteiger partial charge in [0.25, 0.3) is 5.56 Å². The number of hydrogen-bond donors (Lipinski definition) is 1. The molecule has 104 valence electrons. The van der Waals surface area contributed by atoms with Gasteiger partial charge in [-0.3, -0.25) is 9.59 Å². The fourth-order valence-electron chi connectivity index (χ4n) is 2.60. The highest BCUT2D eigenvalue weighted by Crippen LogP contribution is 2.24. The summed E-state index contributed by atoms with van der Waals surface area (Å²) in [4.78, 5) is 25.4. The van der Waals surface area contributed by atoms with E-state index in [0.717, 1.165) is 6.42 Å². The number of aryl methyl sites for hydroxylation is 1. The third kappa shape index (κ3) is 3.04. The van der Waals surface area contributed by atoms with E-state index in [9.17, 15) is 14.7 Å². The van der Waals surface area contributed by atoms with Crippen molar-refractivity contribution in [1.29, 1.82) is 0 Å². The van der Waals surface area contributed by atoms with Crippen LogP contribution in [-0.4, -0.2) is 39.7 Å². The fourth-order valence-corrected chi connectivity index (χ4v) is 2.60. The van der Waals surface area contributed by atoms with Crippen LogP contribution in [0.2, 0.25) is 0 Å². The lowest BCUT2D eigenvalue weighted by molar-refractivity contribution is -0.133. The van der Waals surface area contributed by atoms with E-state index in [4.69, 9.17) is 0 Å². The molecule has 1 aromatic rings. The Hall–Kier alpha value is -1.62. The third-order valence-electron chi connectivity index (χ3n) is 3.86. The first kappa shape index (κ1) is 13.8. The molecule has 0 spiro atoms. The Morgan fingerprint density at radius 1 is 1.47 bits per heavy atom. The Bertz CT molecular complexity index is 497. The summed E-state index contributed by atoms with van der Waals surface area (Å²) in [5, 5.41) is 9.34. The zero-order valence-electron chi connectivity index (χ0n) is 11.2. The number of aromatic nitrogens is 1. The summed E-state index contributed by atoms with van der Waals surface area (Å²) in [5.74, 6) is 0.354. The van der Waals surface area contributed by atoms with Crippen LogP contribution in [0.1, 0.15) is 19.8 Å². The summed E-state index contributed by atoms with van der Waals surface area (Å²) in [7, 11) is 0. The highest BCUT2D eigenvalue weighted by molar-refractivity contribution is 5.76. The lowest BCUT2D eigenvalue weighted by atomic mass is 10.0. The average Bonchev–Trinajstić information content (AvgIpc) is 2.78. The maximum absolute atomic E-state index is 12.1. The first-order chi connectivity index (χ1) is 9.13. The second-order valence-corrected chi connectivity index (χ2v) is 5.09. The number of carbonyl (C=O) groups is 1. The first-order valence-corrected chi connectivity index (χ1v) is 6.69. The average molecular weight is 264 g/mol. The van der Waals surface area contributed by atoms with E-state index in [1.54, 1.807) is 23.2 Å². The van der Waals surface area contributed by atoms with Crippen LogP contribution in [0.3, 0.4) is 0 Å². The zero-order valence-corrected chi connectivity index (χ0v) is 11.2. The van der Waals surface area contributed by atoms with Gasteiger partial charge >= 0.3 is 0 Å². The van der Waals surface area contributed by atoms with Crippen LogP contribution in [0, 0.1) is 5.92 Å². The van der Waals surface area contributed by atoms with Gasteiger partial charge in [-0.15, -0.1) is 0 Å². The molecule has 19 heavy (non-hydrogen) atoms. The molecular formula is C14H20N2O3. The largest absolute Gasteiger partial charge is 0.394 e. The van der Waals surface area contributed by atoms with Crippen molar-refractivity contribution >= 4 is 5.91 Å². The number of rotatable bonds is 4. The van der Waals surface area contributed by atoms with Gasteiger partial charge < -0.3 is 14.6 Å². The molecule has 5 nitrogen and oxygen atoms in total. The molecule has 1 fully saturated rings. The number of aliphatic hydroxyl groups is 1. The van der Waals surface area contributed by atoms with Crippen molar-refractivity contribution < 1.29 is 9.90 Å². The van der Waals surface area contributed by atoms with Crippen molar-refractivity contribution in [3.63, 3.8) is 0 Å². The predicted octanol–water partition coefficient (Wildman–Crippen LogP) is 0.468. The summed E-state index contributed by atoms with van der Waals surface area (Å²) in [6, 6.07) is 4.88. The minimum absolute atomic E-state index is 0.0121. The number of pyridine rings is 1. The molecule has 0 aromatic carbocycles. The van der Waals surface area contributed by atoms with Gasteiger partial charge in [-0.2, -0.15) is 0 Å². The molecule has 2 atom stereocenters. The first-order valence-electron chi connectivity index (χ1n) is 6.69. The highest BCUT2D eigenvalue weighted by Gasteiger charge is 2.33. The molecule has 0 bridgehead atoms. The van der Waals surface area contributed by atoms with E-state index in [2.05, 4.69) is 6.92 Å². The Morgan fingerprint density at radius 2 is 2.26 bits per heavy atom. The molecule has 0 radical (unpaired) electrons. The zero-order chi connectivity index (χ0) is 13.8. The van der Waals surface area contributed by atoms with E-state index >= 15 is 0 Å². The lowest BCUT2D eigenvalue weighted by Crippen LogP contribution is -2.40. The Morgan fingerprint density at radius 3 is 2.95 bits per heavy atom. The number of likely N-dealkylation sites (tertiary alicyclic amines) is 1. The summed E-state index contributed by atoms with van der Waals surface area (Å²) in [6.07, 6.45) is 2.92.